The van der Waals surface area contributed by atoms with E-state index < -0.39 is 11.6 Å². The first-order chi connectivity index (χ1) is 10.7. The minimum Gasteiger partial charge on any atom is -0.490 e. The van der Waals surface area contributed by atoms with Crippen molar-refractivity contribution in [1.82, 2.24) is 0 Å². The Labute approximate surface area is 131 Å². The summed E-state index contributed by atoms with van der Waals surface area (Å²) in [6.07, 6.45) is 9.64. The highest BCUT2D eigenvalue weighted by Crippen LogP contribution is 2.35. The Morgan fingerprint density at radius 1 is 1.32 bits per heavy atom. The average molecular weight is 306 g/mol. The summed E-state index contributed by atoms with van der Waals surface area (Å²) in [5.41, 5.74) is 1.29. The number of allylic oxidation sites excluding steroid dienone is 3. The van der Waals surface area contributed by atoms with Gasteiger partial charge >= 0.3 is 0 Å². The SMILES string of the molecule is C=CCCC1CC=C(c2ccc(OCCC)c(F)c2F)CC1. The Morgan fingerprint density at radius 3 is 2.77 bits per heavy atom. The third-order valence-corrected chi connectivity index (χ3v) is 4.15. The molecule has 0 aliphatic heterocycles. The van der Waals surface area contributed by atoms with E-state index in [1.807, 2.05) is 13.0 Å². The molecule has 0 aromatic heterocycles. The molecule has 0 heterocycles. The van der Waals surface area contributed by atoms with Crippen molar-refractivity contribution in [3.8, 4) is 5.75 Å². The Balaban J connectivity index is 2.11. The van der Waals surface area contributed by atoms with Crippen LogP contribution in [-0.2, 0) is 0 Å². The van der Waals surface area contributed by atoms with Crippen LogP contribution in [0, 0.1) is 17.6 Å². The van der Waals surface area contributed by atoms with Gasteiger partial charge in [0.25, 0.3) is 0 Å². The van der Waals surface area contributed by atoms with Gasteiger partial charge in [0.2, 0.25) is 5.82 Å². The van der Waals surface area contributed by atoms with Gasteiger partial charge in [-0.05, 0) is 62.1 Å². The Bertz CT molecular complexity index is 549. The quantitative estimate of drug-likeness (QED) is 0.570. The van der Waals surface area contributed by atoms with Crippen LogP contribution in [-0.4, -0.2) is 6.61 Å². The molecule has 1 nitrogen and oxygen atoms in total. The van der Waals surface area contributed by atoms with E-state index in [1.165, 1.54) is 6.07 Å². The van der Waals surface area contributed by atoms with Gasteiger partial charge in [0.15, 0.2) is 11.6 Å². The second-order valence-electron chi connectivity index (χ2n) is 5.82. The maximum atomic E-state index is 14.3. The summed E-state index contributed by atoms with van der Waals surface area (Å²) in [7, 11) is 0. The zero-order chi connectivity index (χ0) is 15.9. The van der Waals surface area contributed by atoms with Crippen LogP contribution in [0.25, 0.3) is 5.57 Å². The Morgan fingerprint density at radius 2 is 2.14 bits per heavy atom. The van der Waals surface area contributed by atoms with Crippen molar-refractivity contribution < 1.29 is 13.5 Å². The zero-order valence-electron chi connectivity index (χ0n) is 13.2. The largest absolute Gasteiger partial charge is 0.490 e. The van der Waals surface area contributed by atoms with Crippen LogP contribution in [0.5, 0.6) is 5.75 Å². The van der Waals surface area contributed by atoms with Gasteiger partial charge in [0.05, 0.1) is 6.61 Å². The average Bonchev–Trinajstić information content (AvgIpc) is 2.55. The molecule has 2 rings (SSSR count). The fourth-order valence-corrected chi connectivity index (χ4v) is 2.85. The lowest BCUT2D eigenvalue weighted by atomic mass is 9.84. The molecule has 0 saturated heterocycles. The maximum absolute atomic E-state index is 14.3. The van der Waals surface area contributed by atoms with E-state index in [0.29, 0.717) is 18.1 Å². The van der Waals surface area contributed by atoms with Crippen molar-refractivity contribution >= 4 is 5.57 Å². The third-order valence-electron chi connectivity index (χ3n) is 4.15. The number of rotatable bonds is 7. The highest BCUT2D eigenvalue weighted by molar-refractivity contribution is 5.67. The van der Waals surface area contributed by atoms with Crippen LogP contribution in [0.3, 0.4) is 0 Å². The summed E-state index contributed by atoms with van der Waals surface area (Å²) in [5, 5.41) is 0. The van der Waals surface area contributed by atoms with Gasteiger partial charge in [-0.25, -0.2) is 4.39 Å². The van der Waals surface area contributed by atoms with Crippen LogP contribution >= 0.6 is 0 Å². The zero-order valence-corrected chi connectivity index (χ0v) is 13.2. The molecule has 22 heavy (non-hydrogen) atoms. The van der Waals surface area contributed by atoms with Crippen molar-refractivity contribution in [1.29, 1.82) is 0 Å². The lowest BCUT2D eigenvalue weighted by Crippen LogP contribution is -2.07. The molecule has 0 radical (unpaired) electrons. The standard InChI is InChI=1S/C19H24F2O/c1-3-5-6-14-7-9-15(10-8-14)16-11-12-17(22-13-4-2)19(21)18(16)20/h3,9,11-12,14H,1,4-8,10,13H2,2H3. The molecular weight excluding hydrogens is 282 g/mol. The molecule has 0 bridgehead atoms. The molecular formula is C19H24F2O. The second-order valence-corrected chi connectivity index (χ2v) is 5.82. The lowest BCUT2D eigenvalue weighted by Gasteiger charge is -2.22. The van der Waals surface area contributed by atoms with Crippen molar-refractivity contribution in [3.63, 3.8) is 0 Å². The van der Waals surface area contributed by atoms with Crippen molar-refractivity contribution in [2.45, 2.75) is 45.4 Å². The molecule has 1 aliphatic rings. The molecule has 1 aromatic carbocycles. The number of halogens is 2. The van der Waals surface area contributed by atoms with E-state index in [1.54, 1.807) is 6.07 Å². The number of hydrogen-bond acceptors (Lipinski definition) is 1. The molecule has 1 unspecified atom stereocenters. The van der Waals surface area contributed by atoms with Gasteiger partial charge in [-0.2, -0.15) is 4.39 Å². The topological polar surface area (TPSA) is 9.23 Å². The van der Waals surface area contributed by atoms with Crippen LogP contribution in [0.2, 0.25) is 0 Å². The van der Waals surface area contributed by atoms with Crippen LogP contribution in [0.1, 0.15) is 51.0 Å². The molecule has 1 aromatic rings. The summed E-state index contributed by atoms with van der Waals surface area (Å²) >= 11 is 0. The van der Waals surface area contributed by atoms with Crippen molar-refractivity contribution in [2.24, 2.45) is 5.92 Å². The number of ether oxygens (including phenoxy) is 1. The summed E-state index contributed by atoms with van der Waals surface area (Å²) in [5.74, 6) is -1.03. The monoisotopic (exact) mass is 306 g/mol. The molecule has 1 atom stereocenters. The van der Waals surface area contributed by atoms with Gasteiger partial charge in [-0.3, -0.25) is 0 Å². The van der Waals surface area contributed by atoms with Crippen LogP contribution < -0.4 is 4.74 Å². The predicted molar refractivity (Wildman–Crippen MR) is 86.9 cm³/mol. The molecule has 3 heteroatoms. The molecule has 0 saturated carbocycles. The van der Waals surface area contributed by atoms with E-state index in [4.69, 9.17) is 4.74 Å². The highest BCUT2D eigenvalue weighted by Gasteiger charge is 2.20. The van der Waals surface area contributed by atoms with Gasteiger partial charge in [0.1, 0.15) is 0 Å². The van der Waals surface area contributed by atoms with Crippen molar-refractivity contribution in [3.05, 3.63) is 48.1 Å². The lowest BCUT2D eigenvalue weighted by molar-refractivity contribution is 0.295. The van der Waals surface area contributed by atoms with Crippen LogP contribution in [0.15, 0.2) is 30.9 Å². The first-order valence-corrected chi connectivity index (χ1v) is 8.08. The molecule has 0 spiro atoms. The minimum atomic E-state index is -0.874. The fourth-order valence-electron chi connectivity index (χ4n) is 2.85. The smallest absolute Gasteiger partial charge is 0.201 e. The van der Waals surface area contributed by atoms with E-state index >= 15 is 0 Å². The van der Waals surface area contributed by atoms with Gasteiger partial charge in [-0.1, -0.05) is 19.1 Å². The first-order valence-electron chi connectivity index (χ1n) is 8.08. The molecule has 120 valence electrons. The number of hydrogen-bond donors (Lipinski definition) is 0. The molecule has 0 fully saturated rings. The highest BCUT2D eigenvalue weighted by atomic mass is 19.2. The summed E-state index contributed by atoms with van der Waals surface area (Å²) in [6, 6.07) is 3.17. The molecule has 1 aliphatic carbocycles. The number of benzene rings is 1. The van der Waals surface area contributed by atoms with Gasteiger partial charge < -0.3 is 4.74 Å². The van der Waals surface area contributed by atoms with E-state index in [0.717, 1.165) is 44.1 Å². The summed E-state index contributed by atoms with van der Waals surface area (Å²) in [6.45, 7) is 6.06. The van der Waals surface area contributed by atoms with E-state index in [9.17, 15) is 8.78 Å². The first kappa shape index (κ1) is 16.7. The Hall–Kier alpha value is -1.64. The molecule has 0 amide bonds. The predicted octanol–water partition coefficient (Wildman–Crippen LogP) is 5.90. The Kier molecular flexibility index (Phi) is 6.17. The third kappa shape index (κ3) is 3.96. The van der Waals surface area contributed by atoms with Gasteiger partial charge in [0, 0.05) is 5.56 Å². The van der Waals surface area contributed by atoms with E-state index in [2.05, 4.69) is 12.7 Å². The maximum Gasteiger partial charge on any atom is 0.201 e. The fraction of sp³-hybridized carbons (Fsp3) is 0.474. The second kappa shape index (κ2) is 8.11. The van der Waals surface area contributed by atoms with E-state index in [-0.39, 0.29) is 5.75 Å². The minimum absolute atomic E-state index is 0.00312. The van der Waals surface area contributed by atoms with Crippen molar-refractivity contribution in [2.75, 3.05) is 6.61 Å². The molecule has 0 N–H and O–H groups in total. The summed E-state index contributed by atoms with van der Waals surface area (Å²) in [4.78, 5) is 0. The van der Waals surface area contributed by atoms with Crippen LogP contribution in [0.4, 0.5) is 8.78 Å². The summed E-state index contributed by atoms with van der Waals surface area (Å²) < 4.78 is 33.5. The normalized spacial score (nSPS) is 18.0. The van der Waals surface area contributed by atoms with Gasteiger partial charge in [-0.15, -0.1) is 6.58 Å².